The highest BCUT2D eigenvalue weighted by atomic mass is 35.5. The van der Waals surface area contributed by atoms with Gasteiger partial charge in [0.25, 0.3) is 0 Å². The van der Waals surface area contributed by atoms with E-state index in [9.17, 15) is 0 Å². The Morgan fingerprint density at radius 1 is 0.958 bits per heavy atom. The molecule has 0 atom stereocenters. The van der Waals surface area contributed by atoms with E-state index in [0.29, 0.717) is 18.2 Å². The van der Waals surface area contributed by atoms with Crippen LogP contribution in [0, 0.1) is 6.92 Å². The van der Waals surface area contributed by atoms with Crippen LogP contribution >= 0.6 is 23.2 Å². The number of hydrogen-bond acceptors (Lipinski definition) is 2. The van der Waals surface area contributed by atoms with Crippen LogP contribution in [0.1, 0.15) is 22.4 Å². The van der Waals surface area contributed by atoms with E-state index in [2.05, 4.69) is 22.5 Å². The molecule has 5 heteroatoms. The van der Waals surface area contributed by atoms with Gasteiger partial charge in [0.1, 0.15) is 5.15 Å². The van der Waals surface area contributed by atoms with Crippen LogP contribution < -0.4 is 5.32 Å². The molecule has 0 bridgehead atoms. The maximum absolute atomic E-state index is 6.53. The Labute approximate surface area is 152 Å². The van der Waals surface area contributed by atoms with E-state index in [-0.39, 0.29) is 0 Å². The van der Waals surface area contributed by atoms with Gasteiger partial charge in [-0.2, -0.15) is 5.10 Å². The van der Waals surface area contributed by atoms with Crippen molar-refractivity contribution >= 4 is 23.2 Å². The average Bonchev–Trinajstić information content (AvgIpc) is 2.85. The lowest BCUT2D eigenvalue weighted by atomic mass is 10.2. The van der Waals surface area contributed by atoms with Crippen LogP contribution in [-0.4, -0.2) is 9.78 Å². The Kier molecular flexibility index (Phi) is 5.56. The lowest BCUT2D eigenvalue weighted by molar-refractivity contribution is 0.676. The third-order valence-electron chi connectivity index (χ3n) is 3.93. The van der Waals surface area contributed by atoms with Crippen molar-refractivity contribution in [3.05, 3.63) is 87.2 Å². The summed E-state index contributed by atoms with van der Waals surface area (Å²) in [5, 5.41) is 9.37. The molecule has 2 aromatic carbocycles. The Morgan fingerprint density at radius 3 is 2.42 bits per heavy atom. The summed E-state index contributed by atoms with van der Waals surface area (Å²) >= 11 is 12.8. The standard InChI is InChI=1S/C19H19Cl2N3/c1-14-17(12-22-11-15-7-3-2-4-8-15)19(21)24(23-14)13-16-9-5-6-10-18(16)20/h2-10,22H,11-13H2,1H3. The summed E-state index contributed by atoms with van der Waals surface area (Å²) in [6.45, 7) is 4.03. The Hall–Kier alpha value is -1.81. The summed E-state index contributed by atoms with van der Waals surface area (Å²) < 4.78 is 1.80. The van der Waals surface area contributed by atoms with E-state index in [1.807, 2.05) is 49.4 Å². The number of nitrogens with one attached hydrogen (secondary N) is 1. The van der Waals surface area contributed by atoms with Crippen molar-refractivity contribution in [1.29, 1.82) is 0 Å². The summed E-state index contributed by atoms with van der Waals surface area (Å²) in [4.78, 5) is 0. The molecule has 0 spiro atoms. The molecular formula is C19H19Cl2N3. The molecule has 3 rings (SSSR count). The monoisotopic (exact) mass is 359 g/mol. The molecule has 0 saturated carbocycles. The molecule has 1 N–H and O–H groups in total. The lowest BCUT2D eigenvalue weighted by Crippen LogP contribution is -2.13. The Morgan fingerprint density at radius 2 is 1.67 bits per heavy atom. The largest absolute Gasteiger partial charge is 0.308 e. The highest BCUT2D eigenvalue weighted by Gasteiger charge is 2.14. The molecule has 0 aliphatic rings. The fourth-order valence-electron chi connectivity index (χ4n) is 2.61. The molecule has 124 valence electrons. The lowest BCUT2D eigenvalue weighted by Gasteiger charge is -2.07. The van der Waals surface area contributed by atoms with Gasteiger partial charge in [0, 0.05) is 23.7 Å². The normalized spacial score (nSPS) is 11.0. The van der Waals surface area contributed by atoms with E-state index in [4.69, 9.17) is 23.2 Å². The smallest absolute Gasteiger partial charge is 0.132 e. The van der Waals surface area contributed by atoms with Gasteiger partial charge >= 0.3 is 0 Å². The van der Waals surface area contributed by atoms with E-state index in [1.54, 1.807) is 4.68 Å². The first-order valence-electron chi connectivity index (χ1n) is 7.85. The van der Waals surface area contributed by atoms with Crippen molar-refractivity contribution < 1.29 is 0 Å². The van der Waals surface area contributed by atoms with Gasteiger partial charge in [-0.1, -0.05) is 71.7 Å². The van der Waals surface area contributed by atoms with Gasteiger partial charge in [0.05, 0.1) is 12.2 Å². The number of benzene rings is 2. The summed E-state index contributed by atoms with van der Waals surface area (Å²) in [6.07, 6.45) is 0. The third-order valence-corrected chi connectivity index (χ3v) is 4.73. The van der Waals surface area contributed by atoms with E-state index in [0.717, 1.165) is 28.4 Å². The SMILES string of the molecule is Cc1nn(Cc2ccccc2Cl)c(Cl)c1CNCc1ccccc1. The van der Waals surface area contributed by atoms with Crippen LogP contribution in [0.5, 0.6) is 0 Å². The summed E-state index contributed by atoms with van der Waals surface area (Å²) in [7, 11) is 0. The van der Waals surface area contributed by atoms with E-state index >= 15 is 0 Å². The van der Waals surface area contributed by atoms with Crippen molar-refractivity contribution in [2.75, 3.05) is 0 Å². The zero-order chi connectivity index (χ0) is 16.9. The maximum Gasteiger partial charge on any atom is 0.132 e. The van der Waals surface area contributed by atoms with Gasteiger partial charge in [-0.3, -0.25) is 0 Å². The van der Waals surface area contributed by atoms with Crippen LogP contribution in [0.3, 0.4) is 0 Å². The second-order valence-corrected chi connectivity index (χ2v) is 6.46. The van der Waals surface area contributed by atoms with Crippen molar-refractivity contribution in [3.63, 3.8) is 0 Å². The van der Waals surface area contributed by atoms with Crippen molar-refractivity contribution in [1.82, 2.24) is 15.1 Å². The predicted molar refractivity (Wildman–Crippen MR) is 99.5 cm³/mol. The van der Waals surface area contributed by atoms with Crippen molar-refractivity contribution in [3.8, 4) is 0 Å². The topological polar surface area (TPSA) is 29.9 Å². The molecule has 1 aromatic heterocycles. The minimum Gasteiger partial charge on any atom is -0.308 e. The predicted octanol–water partition coefficient (Wildman–Crippen LogP) is 4.84. The van der Waals surface area contributed by atoms with Crippen LogP contribution in [-0.2, 0) is 19.6 Å². The molecule has 0 aliphatic heterocycles. The minimum absolute atomic E-state index is 0.567. The molecule has 3 aromatic rings. The van der Waals surface area contributed by atoms with E-state index in [1.165, 1.54) is 5.56 Å². The van der Waals surface area contributed by atoms with Crippen molar-refractivity contribution in [2.24, 2.45) is 0 Å². The highest BCUT2D eigenvalue weighted by molar-refractivity contribution is 6.31. The minimum atomic E-state index is 0.567. The van der Waals surface area contributed by atoms with E-state index < -0.39 is 0 Å². The zero-order valence-corrected chi connectivity index (χ0v) is 15.0. The number of nitrogens with zero attached hydrogens (tertiary/aromatic N) is 2. The fourth-order valence-corrected chi connectivity index (χ4v) is 3.11. The molecule has 1 heterocycles. The molecular weight excluding hydrogens is 341 g/mol. The number of hydrogen-bond donors (Lipinski definition) is 1. The number of halogens is 2. The van der Waals surface area contributed by atoms with Gasteiger partial charge in [0.15, 0.2) is 0 Å². The molecule has 24 heavy (non-hydrogen) atoms. The van der Waals surface area contributed by atoms with Gasteiger partial charge in [-0.05, 0) is 24.1 Å². The zero-order valence-electron chi connectivity index (χ0n) is 13.5. The maximum atomic E-state index is 6.53. The van der Waals surface area contributed by atoms with Gasteiger partial charge in [-0.25, -0.2) is 4.68 Å². The molecule has 0 amide bonds. The number of rotatable bonds is 6. The highest BCUT2D eigenvalue weighted by Crippen LogP contribution is 2.23. The molecule has 0 radical (unpaired) electrons. The molecule has 0 fully saturated rings. The Balaban J connectivity index is 1.69. The average molecular weight is 360 g/mol. The Bertz CT molecular complexity index is 813. The van der Waals surface area contributed by atoms with Gasteiger partial charge in [0.2, 0.25) is 0 Å². The first-order valence-corrected chi connectivity index (χ1v) is 8.60. The van der Waals surface area contributed by atoms with Crippen LogP contribution in [0.2, 0.25) is 10.2 Å². The summed E-state index contributed by atoms with van der Waals surface area (Å²) in [6, 6.07) is 18.0. The molecule has 0 unspecified atom stereocenters. The van der Waals surface area contributed by atoms with Crippen LogP contribution in [0.15, 0.2) is 54.6 Å². The number of aryl methyl sites for hydroxylation is 1. The summed E-state index contributed by atoms with van der Waals surface area (Å²) in [5.41, 5.74) is 4.22. The van der Waals surface area contributed by atoms with Crippen molar-refractivity contribution in [2.45, 2.75) is 26.6 Å². The van der Waals surface area contributed by atoms with Crippen LogP contribution in [0.25, 0.3) is 0 Å². The second kappa shape index (κ2) is 7.84. The molecule has 0 aliphatic carbocycles. The van der Waals surface area contributed by atoms with Gasteiger partial charge < -0.3 is 5.32 Å². The molecule has 0 saturated heterocycles. The van der Waals surface area contributed by atoms with Gasteiger partial charge in [-0.15, -0.1) is 0 Å². The first kappa shape index (κ1) is 17.0. The number of aromatic nitrogens is 2. The fraction of sp³-hybridized carbons (Fsp3) is 0.211. The van der Waals surface area contributed by atoms with Crippen LogP contribution in [0.4, 0.5) is 0 Å². The quantitative estimate of drug-likeness (QED) is 0.682. The first-order chi connectivity index (χ1) is 11.6. The molecule has 3 nitrogen and oxygen atoms in total. The third kappa shape index (κ3) is 3.99. The second-order valence-electron chi connectivity index (χ2n) is 5.69. The summed E-state index contributed by atoms with van der Waals surface area (Å²) in [5.74, 6) is 0.